The van der Waals surface area contributed by atoms with Crippen LogP contribution >= 0.6 is 44.8 Å². The largest absolute Gasteiger partial charge is 0.341 e. The first kappa shape index (κ1) is 26.4. The quantitative estimate of drug-likeness (QED) is 0.0749. The van der Waals surface area contributed by atoms with Gasteiger partial charge in [-0.15, -0.1) is 44.8 Å². The number of alkyl halides is 1. The van der Waals surface area contributed by atoms with Crippen molar-refractivity contribution >= 4 is 50.8 Å². The minimum absolute atomic E-state index is 0.825. The lowest BCUT2D eigenvalue weighted by molar-refractivity contribution is 0.526. The predicted molar refractivity (Wildman–Crippen MR) is 122 cm³/mol. The molecule has 0 N–H and O–H groups in total. The average Bonchev–Trinajstić information content (AvgIpc) is 2.56. The van der Waals surface area contributed by atoms with Crippen LogP contribution in [0.4, 0.5) is 0 Å². The summed E-state index contributed by atoms with van der Waals surface area (Å²) in [4.78, 5) is 0. The molecule has 0 aromatic rings. The lowest BCUT2D eigenvalue weighted by Crippen LogP contribution is -2.07. The van der Waals surface area contributed by atoms with E-state index < -0.39 is 6.00 Å². The van der Waals surface area contributed by atoms with Crippen LogP contribution in [0.25, 0.3) is 0 Å². The number of unbranched alkanes of at least 4 members (excludes halogenated alkanes) is 17. The predicted octanol–water partition coefficient (Wildman–Crippen LogP) is 9.90. The Morgan fingerprint density at radius 3 is 0.840 bits per heavy atom. The van der Waals surface area contributed by atoms with Crippen molar-refractivity contribution in [2.75, 3.05) is 5.88 Å². The molecule has 0 saturated heterocycles. The van der Waals surface area contributed by atoms with Gasteiger partial charge in [-0.3, -0.25) is 0 Å². The van der Waals surface area contributed by atoms with Crippen LogP contribution < -0.4 is 0 Å². The normalized spacial score (nSPS) is 12.0. The molecule has 0 atom stereocenters. The Kier molecular flexibility index (Phi) is 21.2. The first-order valence-corrected chi connectivity index (χ1v) is 16.5. The van der Waals surface area contributed by atoms with E-state index in [0.717, 1.165) is 18.3 Å². The van der Waals surface area contributed by atoms with E-state index in [4.69, 9.17) is 44.8 Å². The van der Waals surface area contributed by atoms with Crippen molar-refractivity contribution in [2.45, 2.75) is 122 Å². The Bertz CT molecular complexity index is 257. The SMILES string of the molecule is ClCCCCCCCCCCCCCCCCCCCC[Si](Cl)(Cl)Cl. The molecular formula is C20H40Cl4Si. The van der Waals surface area contributed by atoms with Crippen molar-refractivity contribution in [3.05, 3.63) is 0 Å². The molecule has 0 aromatic carbocycles. The fourth-order valence-electron chi connectivity index (χ4n) is 3.25. The molecule has 0 radical (unpaired) electrons. The Labute approximate surface area is 177 Å². The lowest BCUT2D eigenvalue weighted by Gasteiger charge is -2.07. The highest BCUT2D eigenvalue weighted by Crippen LogP contribution is 2.27. The Balaban J connectivity index is 3.01. The first-order valence-electron chi connectivity index (χ1n) is 10.7. The molecule has 0 amide bonds. The smallest absolute Gasteiger partial charge is 0.127 e. The zero-order valence-electron chi connectivity index (χ0n) is 16.2. The van der Waals surface area contributed by atoms with Crippen molar-refractivity contribution in [3.63, 3.8) is 0 Å². The van der Waals surface area contributed by atoms with E-state index in [1.807, 2.05) is 0 Å². The standard InChI is InChI=1S/C20H40Cl4Si/c21-19-17-15-13-11-9-7-5-3-1-2-4-6-8-10-12-14-16-18-20-25(22,23)24/h1-20H2. The molecule has 0 unspecified atom stereocenters. The minimum atomic E-state index is -2.36. The lowest BCUT2D eigenvalue weighted by atomic mass is 10.0. The summed E-state index contributed by atoms with van der Waals surface area (Å²) < 4.78 is 0. The number of hydrogen-bond donors (Lipinski definition) is 0. The van der Waals surface area contributed by atoms with Crippen molar-refractivity contribution in [1.29, 1.82) is 0 Å². The third-order valence-electron chi connectivity index (χ3n) is 4.84. The van der Waals surface area contributed by atoms with E-state index in [9.17, 15) is 0 Å². The van der Waals surface area contributed by atoms with Gasteiger partial charge in [0.05, 0.1) is 0 Å². The van der Waals surface area contributed by atoms with Crippen molar-refractivity contribution in [2.24, 2.45) is 0 Å². The van der Waals surface area contributed by atoms with Crippen LogP contribution in [-0.2, 0) is 0 Å². The van der Waals surface area contributed by atoms with Gasteiger partial charge in [0.2, 0.25) is 0 Å². The van der Waals surface area contributed by atoms with Crippen LogP contribution in [0.15, 0.2) is 0 Å². The van der Waals surface area contributed by atoms with Gasteiger partial charge in [-0.2, -0.15) is 0 Å². The van der Waals surface area contributed by atoms with Gasteiger partial charge in [0.25, 0.3) is 0 Å². The van der Waals surface area contributed by atoms with Gasteiger partial charge in [-0.1, -0.05) is 109 Å². The van der Waals surface area contributed by atoms with E-state index in [-0.39, 0.29) is 0 Å². The van der Waals surface area contributed by atoms with E-state index in [0.29, 0.717) is 0 Å². The summed E-state index contributed by atoms with van der Waals surface area (Å²) in [5.41, 5.74) is 0. The number of halogens is 4. The molecule has 0 fully saturated rings. The van der Waals surface area contributed by atoms with Crippen LogP contribution in [-0.4, -0.2) is 11.9 Å². The first-order chi connectivity index (χ1) is 12.1. The second-order valence-electron chi connectivity index (χ2n) is 7.42. The topological polar surface area (TPSA) is 0 Å². The van der Waals surface area contributed by atoms with Gasteiger partial charge < -0.3 is 0 Å². The fraction of sp³-hybridized carbons (Fsp3) is 1.00. The maximum absolute atomic E-state index is 5.88. The zero-order valence-corrected chi connectivity index (χ0v) is 20.2. The molecule has 0 saturated carbocycles. The second kappa shape index (κ2) is 20.1. The highest BCUT2D eigenvalue weighted by atomic mass is 35.8. The van der Waals surface area contributed by atoms with E-state index >= 15 is 0 Å². The molecule has 0 bridgehead atoms. The summed E-state index contributed by atoms with van der Waals surface area (Å²) in [6, 6.07) is -1.53. The molecule has 152 valence electrons. The van der Waals surface area contributed by atoms with Gasteiger partial charge in [0.15, 0.2) is 0 Å². The molecule has 25 heavy (non-hydrogen) atoms. The molecule has 0 aliphatic rings. The summed E-state index contributed by atoms with van der Waals surface area (Å²) in [7, 11) is 0. The Morgan fingerprint density at radius 2 is 0.600 bits per heavy atom. The molecule has 0 aromatic heterocycles. The van der Waals surface area contributed by atoms with Crippen molar-refractivity contribution in [1.82, 2.24) is 0 Å². The van der Waals surface area contributed by atoms with Crippen LogP contribution in [0.5, 0.6) is 0 Å². The number of hydrogen-bond acceptors (Lipinski definition) is 0. The van der Waals surface area contributed by atoms with Crippen LogP contribution in [0.3, 0.4) is 0 Å². The van der Waals surface area contributed by atoms with Gasteiger partial charge in [-0.25, -0.2) is 0 Å². The average molecular weight is 450 g/mol. The van der Waals surface area contributed by atoms with Crippen LogP contribution in [0.1, 0.15) is 116 Å². The molecule has 0 heterocycles. The zero-order chi connectivity index (χ0) is 18.6. The Hall–Kier alpha value is 1.38. The maximum Gasteiger partial charge on any atom is 0.341 e. The van der Waals surface area contributed by atoms with Gasteiger partial charge in [-0.05, 0) is 12.5 Å². The monoisotopic (exact) mass is 448 g/mol. The second-order valence-corrected chi connectivity index (χ2v) is 17.1. The molecular weight excluding hydrogens is 410 g/mol. The minimum Gasteiger partial charge on any atom is -0.127 e. The van der Waals surface area contributed by atoms with Crippen LogP contribution in [0.2, 0.25) is 6.04 Å². The maximum atomic E-state index is 5.88. The molecule has 0 aliphatic heterocycles. The third-order valence-corrected chi connectivity index (χ3v) is 7.73. The fourth-order valence-corrected chi connectivity index (χ4v) is 5.29. The van der Waals surface area contributed by atoms with Crippen molar-refractivity contribution < 1.29 is 0 Å². The van der Waals surface area contributed by atoms with Gasteiger partial charge in [0.1, 0.15) is 0 Å². The van der Waals surface area contributed by atoms with E-state index in [1.165, 1.54) is 109 Å². The molecule has 0 spiro atoms. The summed E-state index contributed by atoms with van der Waals surface area (Å²) in [6.45, 7) is 0. The van der Waals surface area contributed by atoms with Crippen molar-refractivity contribution in [3.8, 4) is 0 Å². The summed E-state index contributed by atoms with van der Waals surface area (Å²) in [5, 5.41) is 0. The number of rotatable bonds is 20. The van der Waals surface area contributed by atoms with Gasteiger partial charge >= 0.3 is 6.00 Å². The van der Waals surface area contributed by atoms with E-state index in [2.05, 4.69) is 0 Å². The molecule has 5 heteroatoms. The van der Waals surface area contributed by atoms with Gasteiger partial charge in [0, 0.05) is 5.88 Å². The highest BCUT2D eigenvalue weighted by Gasteiger charge is 2.23. The molecule has 0 nitrogen and oxygen atoms in total. The summed E-state index contributed by atoms with van der Waals surface area (Å²) in [6.07, 6.45) is 24.5. The van der Waals surface area contributed by atoms with E-state index in [1.54, 1.807) is 0 Å². The molecule has 0 rings (SSSR count). The highest BCUT2D eigenvalue weighted by molar-refractivity contribution is 7.64. The summed E-state index contributed by atoms with van der Waals surface area (Å²) >= 11 is 23.3. The Morgan fingerprint density at radius 1 is 0.360 bits per heavy atom. The third kappa shape index (κ3) is 25.4. The van der Waals surface area contributed by atoms with Crippen LogP contribution in [0, 0.1) is 0 Å². The molecule has 0 aliphatic carbocycles. The summed E-state index contributed by atoms with van der Waals surface area (Å²) in [5.74, 6) is 0.833.